The van der Waals surface area contributed by atoms with Gasteiger partial charge in [-0.05, 0) is 13.0 Å². The molecule has 1 aliphatic rings. The second-order valence-corrected chi connectivity index (χ2v) is 6.20. The summed E-state index contributed by atoms with van der Waals surface area (Å²) in [7, 11) is 2.74. The van der Waals surface area contributed by atoms with Gasteiger partial charge in [-0.15, -0.1) is 0 Å². The number of carbonyl (C=O) groups excluding carboxylic acids is 3. The predicted molar refractivity (Wildman–Crippen MR) is 99.2 cm³/mol. The third-order valence-electron chi connectivity index (χ3n) is 4.59. The molecule has 1 atom stereocenters. The molecule has 3 rings (SSSR count). The number of ether oxygens (including phenoxy) is 3. The zero-order chi connectivity index (χ0) is 20.4. The minimum absolute atomic E-state index is 0.0663. The summed E-state index contributed by atoms with van der Waals surface area (Å²) in [5.74, 6) is -1.21. The van der Waals surface area contributed by atoms with Crippen LogP contribution in [0.25, 0.3) is 0 Å². The van der Waals surface area contributed by atoms with E-state index in [4.69, 9.17) is 14.2 Å². The number of aliphatic hydroxyl groups excluding tert-OH is 1. The van der Waals surface area contributed by atoms with Crippen LogP contribution in [0.15, 0.2) is 30.3 Å². The van der Waals surface area contributed by atoms with E-state index in [0.29, 0.717) is 11.1 Å². The van der Waals surface area contributed by atoms with Crippen molar-refractivity contribution in [2.75, 3.05) is 20.8 Å². The van der Waals surface area contributed by atoms with Gasteiger partial charge in [-0.1, -0.05) is 24.3 Å². The first kappa shape index (κ1) is 19.6. The minimum Gasteiger partial charge on any atom is -0.496 e. The van der Waals surface area contributed by atoms with Crippen LogP contribution < -0.4 is 9.47 Å². The summed E-state index contributed by atoms with van der Waals surface area (Å²) in [4.78, 5) is 38.0. The van der Waals surface area contributed by atoms with E-state index in [1.165, 1.54) is 20.3 Å². The van der Waals surface area contributed by atoms with E-state index < -0.39 is 12.1 Å². The first-order valence-corrected chi connectivity index (χ1v) is 8.75. The monoisotopic (exact) mass is 384 g/mol. The molecule has 0 amide bonds. The van der Waals surface area contributed by atoms with Crippen molar-refractivity contribution in [1.82, 2.24) is 0 Å². The van der Waals surface area contributed by atoms with Crippen LogP contribution in [0.3, 0.4) is 0 Å². The van der Waals surface area contributed by atoms with Crippen molar-refractivity contribution in [1.29, 1.82) is 0 Å². The van der Waals surface area contributed by atoms with Crippen LogP contribution in [-0.2, 0) is 16.0 Å². The molecule has 0 spiro atoms. The Balaban J connectivity index is 2.18. The molecule has 7 heteroatoms. The van der Waals surface area contributed by atoms with Gasteiger partial charge in [-0.25, -0.2) is 4.79 Å². The second kappa shape index (κ2) is 7.82. The van der Waals surface area contributed by atoms with Gasteiger partial charge in [-0.3, -0.25) is 9.59 Å². The Bertz CT molecular complexity index is 961. The molecule has 28 heavy (non-hydrogen) atoms. The maximum absolute atomic E-state index is 13.1. The molecular formula is C21H20O7. The fourth-order valence-corrected chi connectivity index (χ4v) is 3.36. The summed E-state index contributed by atoms with van der Waals surface area (Å²) in [5.41, 5.74) is 1.09. The van der Waals surface area contributed by atoms with Crippen LogP contribution >= 0.6 is 0 Å². The summed E-state index contributed by atoms with van der Waals surface area (Å²) in [6, 6.07) is 8.02. The standard InChI is InChI=1S/C21H20O7/c1-4-28-21(25)14(22)9-11-10-15(26-2)16-17(20(11)27-3)19(24)13-8-6-5-7-12(13)18(16)23/h5-8,10,14,22H,4,9H2,1-3H3. The highest BCUT2D eigenvalue weighted by atomic mass is 16.5. The SMILES string of the molecule is CCOC(=O)C(O)Cc1cc(OC)c2c(c1OC)C(=O)c1ccccc1C2=O. The summed E-state index contributed by atoms with van der Waals surface area (Å²) in [6.45, 7) is 1.76. The lowest BCUT2D eigenvalue weighted by Gasteiger charge is -2.24. The highest BCUT2D eigenvalue weighted by Crippen LogP contribution is 2.41. The third kappa shape index (κ3) is 3.14. The lowest BCUT2D eigenvalue weighted by Crippen LogP contribution is -2.27. The van der Waals surface area contributed by atoms with Crippen LogP contribution in [-0.4, -0.2) is 49.6 Å². The largest absolute Gasteiger partial charge is 0.496 e. The fraction of sp³-hybridized carbons (Fsp3) is 0.286. The maximum Gasteiger partial charge on any atom is 0.335 e. The van der Waals surface area contributed by atoms with Crippen molar-refractivity contribution in [2.45, 2.75) is 19.4 Å². The number of aliphatic hydroxyl groups is 1. The highest BCUT2D eigenvalue weighted by Gasteiger charge is 2.37. The molecule has 0 radical (unpaired) electrons. The summed E-state index contributed by atoms with van der Waals surface area (Å²) in [6.07, 6.45) is -1.60. The van der Waals surface area contributed by atoms with Gasteiger partial charge in [-0.2, -0.15) is 0 Å². The molecule has 0 saturated carbocycles. The number of carbonyl (C=O) groups is 3. The van der Waals surface area contributed by atoms with Gasteiger partial charge in [0.05, 0.1) is 32.0 Å². The Labute approximate surface area is 161 Å². The Morgan fingerprint density at radius 2 is 1.64 bits per heavy atom. The van der Waals surface area contributed by atoms with Gasteiger partial charge < -0.3 is 19.3 Å². The molecule has 7 nitrogen and oxygen atoms in total. The number of hydrogen-bond acceptors (Lipinski definition) is 7. The van der Waals surface area contributed by atoms with E-state index in [1.807, 2.05) is 0 Å². The highest BCUT2D eigenvalue weighted by molar-refractivity contribution is 6.30. The minimum atomic E-state index is -1.45. The topological polar surface area (TPSA) is 99.1 Å². The molecule has 0 heterocycles. The van der Waals surface area contributed by atoms with Gasteiger partial charge in [0.15, 0.2) is 17.7 Å². The van der Waals surface area contributed by atoms with Crippen molar-refractivity contribution in [2.24, 2.45) is 0 Å². The van der Waals surface area contributed by atoms with Crippen molar-refractivity contribution >= 4 is 17.5 Å². The van der Waals surface area contributed by atoms with Gasteiger partial charge in [0.1, 0.15) is 11.5 Å². The lowest BCUT2D eigenvalue weighted by atomic mass is 9.81. The number of hydrogen-bond donors (Lipinski definition) is 1. The van der Waals surface area contributed by atoms with E-state index in [2.05, 4.69) is 0 Å². The number of rotatable bonds is 6. The molecule has 1 N–H and O–H groups in total. The Hall–Kier alpha value is -3.19. The first-order chi connectivity index (χ1) is 13.4. The van der Waals surface area contributed by atoms with E-state index >= 15 is 0 Å². The van der Waals surface area contributed by atoms with E-state index in [-0.39, 0.29) is 52.8 Å². The quantitative estimate of drug-likeness (QED) is 0.649. The van der Waals surface area contributed by atoms with E-state index in [9.17, 15) is 19.5 Å². The van der Waals surface area contributed by atoms with Crippen molar-refractivity contribution < 1.29 is 33.7 Å². The van der Waals surface area contributed by atoms with Crippen LogP contribution in [0.1, 0.15) is 44.3 Å². The molecule has 146 valence electrons. The van der Waals surface area contributed by atoms with Gasteiger partial charge in [0.2, 0.25) is 0 Å². The van der Waals surface area contributed by atoms with Crippen LogP contribution in [0.2, 0.25) is 0 Å². The zero-order valence-corrected chi connectivity index (χ0v) is 15.8. The number of ketones is 2. The number of esters is 1. The normalized spacial score (nSPS) is 13.4. The van der Waals surface area contributed by atoms with Crippen LogP contribution in [0.4, 0.5) is 0 Å². The summed E-state index contributed by atoms with van der Waals surface area (Å²) >= 11 is 0. The Morgan fingerprint density at radius 3 is 2.18 bits per heavy atom. The number of methoxy groups -OCH3 is 2. The zero-order valence-electron chi connectivity index (χ0n) is 15.8. The number of benzene rings is 2. The molecule has 0 saturated heterocycles. The molecule has 0 aliphatic heterocycles. The van der Waals surface area contributed by atoms with Crippen LogP contribution in [0.5, 0.6) is 11.5 Å². The molecule has 0 fully saturated rings. The van der Waals surface area contributed by atoms with Crippen molar-refractivity contribution in [3.63, 3.8) is 0 Å². The smallest absolute Gasteiger partial charge is 0.335 e. The van der Waals surface area contributed by atoms with Gasteiger partial charge in [0.25, 0.3) is 0 Å². The molecule has 0 bridgehead atoms. The average Bonchev–Trinajstić information content (AvgIpc) is 2.71. The molecule has 2 aromatic carbocycles. The first-order valence-electron chi connectivity index (χ1n) is 8.75. The second-order valence-electron chi connectivity index (χ2n) is 6.20. The van der Waals surface area contributed by atoms with Crippen molar-refractivity contribution in [3.8, 4) is 11.5 Å². The van der Waals surface area contributed by atoms with Crippen molar-refractivity contribution in [3.05, 3.63) is 58.1 Å². The van der Waals surface area contributed by atoms with E-state index in [1.54, 1.807) is 31.2 Å². The third-order valence-corrected chi connectivity index (χ3v) is 4.59. The van der Waals surface area contributed by atoms with Crippen LogP contribution in [0, 0.1) is 0 Å². The maximum atomic E-state index is 13.1. The molecular weight excluding hydrogens is 364 g/mol. The summed E-state index contributed by atoms with van der Waals surface area (Å²) < 4.78 is 15.6. The Morgan fingerprint density at radius 1 is 1.04 bits per heavy atom. The van der Waals surface area contributed by atoms with Gasteiger partial charge >= 0.3 is 5.97 Å². The predicted octanol–water partition coefficient (Wildman–Crippen LogP) is 1.95. The molecule has 1 unspecified atom stereocenters. The molecule has 1 aliphatic carbocycles. The Kier molecular flexibility index (Phi) is 5.46. The summed E-state index contributed by atoms with van der Waals surface area (Å²) in [5, 5.41) is 10.1. The van der Waals surface area contributed by atoms with E-state index in [0.717, 1.165) is 0 Å². The molecule has 2 aromatic rings. The van der Waals surface area contributed by atoms with Gasteiger partial charge in [0, 0.05) is 23.1 Å². The molecule has 0 aromatic heterocycles. The number of fused-ring (bicyclic) bond motifs is 2. The lowest BCUT2D eigenvalue weighted by molar-refractivity contribution is -0.152. The average molecular weight is 384 g/mol. The fourth-order valence-electron chi connectivity index (χ4n) is 3.36.